The zero-order valence-corrected chi connectivity index (χ0v) is 9.81. The minimum absolute atomic E-state index is 0.796. The first-order valence-electron chi connectivity index (χ1n) is 4.81. The van der Waals surface area contributed by atoms with Gasteiger partial charge in [-0.3, -0.25) is 0 Å². The van der Waals surface area contributed by atoms with Crippen LogP contribution in [0.25, 0.3) is 0 Å². The molecule has 1 aromatic carbocycles. The molecule has 0 saturated carbocycles. The molecule has 0 saturated heterocycles. The van der Waals surface area contributed by atoms with Gasteiger partial charge in [0.25, 0.3) is 0 Å². The molecule has 15 heavy (non-hydrogen) atoms. The molecule has 2 aromatic rings. The molecule has 1 aromatic heterocycles. The third-order valence-corrected chi connectivity index (χ3v) is 3.09. The van der Waals surface area contributed by atoms with Crippen molar-refractivity contribution in [3.05, 3.63) is 57.2 Å². The minimum Gasteiger partial charge on any atom is -0.309 e. The van der Waals surface area contributed by atoms with E-state index in [1.165, 1.54) is 11.1 Å². The maximum absolute atomic E-state index is 5.90. The minimum atomic E-state index is 0.796. The highest BCUT2D eigenvalue weighted by Gasteiger charge is 1.95. The summed E-state index contributed by atoms with van der Waals surface area (Å²) in [6.45, 7) is 1.77. The smallest absolute Gasteiger partial charge is 0.0409 e. The van der Waals surface area contributed by atoms with E-state index in [9.17, 15) is 0 Å². The standard InChI is InChI=1S/C12H12ClNS/c13-12-3-1-2-10(6-12)7-14-8-11-4-5-15-9-11/h1-6,9,14H,7-8H2. The predicted molar refractivity (Wildman–Crippen MR) is 66.3 cm³/mol. The Bertz CT molecular complexity index is 411. The normalized spacial score (nSPS) is 10.5. The maximum Gasteiger partial charge on any atom is 0.0409 e. The largest absolute Gasteiger partial charge is 0.309 e. The van der Waals surface area contributed by atoms with Crippen LogP contribution in [-0.2, 0) is 13.1 Å². The van der Waals surface area contributed by atoms with E-state index in [0.717, 1.165) is 18.1 Å². The van der Waals surface area contributed by atoms with Gasteiger partial charge in [0.05, 0.1) is 0 Å². The van der Waals surface area contributed by atoms with Crippen molar-refractivity contribution in [2.45, 2.75) is 13.1 Å². The first-order valence-corrected chi connectivity index (χ1v) is 6.13. The van der Waals surface area contributed by atoms with Crippen LogP contribution < -0.4 is 5.32 Å². The van der Waals surface area contributed by atoms with Crippen molar-refractivity contribution in [3.8, 4) is 0 Å². The highest BCUT2D eigenvalue weighted by atomic mass is 35.5. The molecule has 0 spiro atoms. The van der Waals surface area contributed by atoms with Crippen molar-refractivity contribution in [2.75, 3.05) is 0 Å². The Morgan fingerprint density at radius 2 is 2.00 bits per heavy atom. The average Bonchev–Trinajstić information content (AvgIpc) is 2.71. The zero-order chi connectivity index (χ0) is 10.5. The number of rotatable bonds is 4. The van der Waals surface area contributed by atoms with Crippen LogP contribution in [0, 0.1) is 0 Å². The molecule has 2 rings (SSSR count). The Labute approximate surface area is 98.7 Å². The van der Waals surface area contributed by atoms with Crippen molar-refractivity contribution >= 4 is 22.9 Å². The van der Waals surface area contributed by atoms with Crippen LogP contribution in [0.2, 0.25) is 5.02 Å². The van der Waals surface area contributed by atoms with Gasteiger partial charge >= 0.3 is 0 Å². The molecule has 1 nitrogen and oxygen atoms in total. The Morgan fingerprint density at radius 3 is 2.73 bits per heavy atom. The SMILES string of the molecule is Clc1cccc(CNCc2ccsc2)c1. The second kappa shape index (κ2) is 5.31. The van der Waals surface area contributed by atoms with Gasteiger partial charge in [-0.05, 0) is 40.1 Å². The third kappa shape index (κ3) is 3.34. The Morgan fingerprint density at radius 1 is 1.13 bits per heavy atom. The van der Waals surface area contributed by atoms with Gasteiger partial charge in [0.2, 0.25) is 0 Å². The monoisotopic (exact) mass is 237 g/mol. The molecule has 0 aliphatic carbocycles. The second-order valence-corrected chi connectivity index (χ2v) is 4.58. The van der Waals surface area contributed by atoms with Crippen LogP contribution in [0.4, 0.5) is 0 Å². The molecule has 3 heteroatoms. The number of halogens is 1. The number of hydrogen-bond acceptors (Lipinski definition) is 2. The van der Waals surface area contributed by atoms with Crippen LogP contribution in [0.5, 0.6) is 0 Å². The molecule has 1 heterocycles. The van der Waals surface area contributed by atoms with Gasteiger partial charge in [0.1, 0.15) is 0 Å². The highest BCUT2D eigenvalue weighted by molar-refractivity contribution is 7.07. The zero-order valence-electron chi connectivity index (χ0n) is 8.24. The molecule has 0 fully saturated rings. The lowest BCUT2D eigenvalue weighted by Crippen LogP contribution is -2.11. The number of benzene rings is 1. The van der Waals surface area contributed by atoms with Crippen molar-refractivity contribution in [2.24, 2.45) is 0 Å². The summed E-state index contributed by atoms with van der Waals surface area (Å²) in [6.07, 6.45) is 0. The fourth-order valence-corrected chi connectivity index (χ4v) is 2.27. The molecule has 0 aliphatic rings. The summed E-state index contributed by atoms with van der Waals surface area (Å²) in [4.78, 5) is 0. The van der Waals surface area contributed by atoms with Crippen molar-refractivity contribution in [1.82, 2.24) is 5.32 Å². The van der Waals surface area contributed by atoms with Gasteiger partial charge in [-0.2, -0.15) is 11.3 Å². The summed E-state index contributed by atoms with van der Waals surface area (Å²) < 4.78 is 0. The Hall–Kier alpha value is -0.830. The fourth-order valence-electron chi connectivity index (χ4n) is 1.39. The Balaban J connectivity index is 1.83. The molecule has 0 unspecified atom stereocenters. The average molecular weight is 238 g/mol. The van der Waals surface area contributed by atoms with Crippen LogP contribution in [-0.4, -0.2) is 0 Å². The van der Waals surface area contributed by atoms with Crippen LogP contribution in [0.15, 0.2) is 41.1 Å². The van der Waals surface area contributed by atoms with E-state index in [2.05, 4.69) is 28.2 Å². The van der Waals surface area contributed by atoms with Crippen LogP contribution >= 0.6 is 22.9 Å². The van der Waals surface area contributed by atoms with E-state index in [1.54, 1.807) is 11.3 Å². The Kier molecular flexibility index (Phi) is 3.78. The first-order chi connectivity index (χ1) is 7.34. The summed E-state index contributed by atoms with van der Waals surface area (Å²) in [5.41, 5.74) is 2.56. The summed E-state index contributed by atoms with van der Waals surface area (Å²) in [5.74, 6) is 0. The van der Waals surface area contributed by atoms with Gasteiger partial charge in [0, 0.05) is 18.1 Å². The lowest BCUT2D eigenvalue weighted by molar-refractivity contribution is 0.695. The lowest BCUT2D eigenvalue weighted by Gasteiger charge is -2.03. The molecular weight excluding hydrogens is 226 g/mol. The van der Waals surface area contributed by atoms with Crippen molar-refractivity contribution in [3.63, 3.8) is 0 Å². The van der Waals surface area contributed by atoms with E-state index in [4.69, 9.17) is 11.6 Å². The fraction of sp³-hybridized carbons (Fsp3) is 0.167. The highest BCUT2D eigenvalue weighted by Crippen LogP contribution is 2.11. The molecule has 0 atom stereocenters. The summed E-state index contributed by atoms with van der Waals surface area (Å²) in [7, 11) is 0. The molecule has 0 aliphatic heterocycles. The van der Waals surface area contributed by atoms with Gasteiger partial charge < -0.3 is 5.32 Å². The van der Waals surface area contributed by atoms with E-state index in [-0.39, 0.29) is 0 Å². The summed E-state index contributed by atoms with van der Waals surface area (Å²) >= 11 is 7.62. The van der Waals surface area contributed by atoms with E-state index in [1.807, 2.05) is 18.2 Å². The van der Waals surface area contributed by atoms with E-state index >= 15 is 0 Å². The van der Waals surface area contributed by atoms with Crippen LogP contribution in [0.3, 0.4) is 0 Å². The van der Waals surface area contributed by atoms with Crippen molar-refractivity contribution < 1.29 is 0 Å². The van der Waals surface area contributed by atoms with E-state index < -0.39 is 0 Å². The van der Waals surface area contributed by atoms with Crippen molar-refractivity contribution in [1.29, 1.82) is 0 Å². The lowest BCUT2D eigenvalue weighted by atomic mass is 10.2. The maximum atomic E-state index is 5.90. The predicted octanol–water partition coefficient (Wildman–Crippen LogP) is 3.69. The van der Waals surface area contributed by atoms with Crippen LogP contribution in [0.1, 0.15) is 11.1 Å². The molecule has 78 valence electrons. The van der Waals surface area contributed by atoms with Gasteiger partial charge in [-0.25, -0.2) is 0 Å². The first kappa shape index (κ1) is 10.7. The van der Waals surface area contributed by atoms with Gasteiger partial charge in [0.15, 0.2) is 0 Å². The molecule has 0 amide bonds. The summed E-state index contributed by atoms with van der Waals surface area (Å²) in [6, 6.07) is 10.1. The number of thiophene rings is 1. The quantitative estimate of drug-likeness (QED) is 0.855. The topological polar surface area (TPSA) is 12.0 Å². The molecule has 0 radical (unpaired) electrons. The number of nitrogens with one attached hydrogen (secondary N) is 1. The molecular formula is C12H12ClNS. The molecule has 0 bridgehead atoms. The second-order valence-electron chi connectivity index (χ2n) is 3.37. The summed E-state index contributed by atoms with van der Waals surface area (Å²) in [5, 5.41) is 8.43. The molecule has 1 N–H and O–H groups in total. The number of hydrogen-bond donors (Lipinski definition) is 1. The van der Waals surface area contributed by atoms with Gasteiger partial charge in [-0.1, -0.05) is 23.7 Å². The third-order valence-electron chi connectivity index (χ3n) is 2.13. The van der Waals surface area contributed by atoms with Gasteiger partial charge in [-0.15, -0.1) is 0 Å². The van der Waals surface area contributed by atoms with E-state index in [0.29, 0.717) is 0 Å².